The Morgan fingerprint density at radius 3 is 2.83 bits per heavy atom. The van der Waals surface area contributed by atoms with Crippen LogP contribution < -0.4 is 5.73 Å². The quantitative estimate of drug-likeness (QED) is 0.670. The van der Waals surface area contributed by atoms with Gasteiger partial charge in [-0.25, -0.2) is 4.39 Å². The molecule has 0 saturated heterocycles. The number of nitrogens with zero attached hydrogens (tertiary/aromatic N) is 2. The third kappa shape index (κ3) is 3.95. The Kier molecular flexibility index (Phi) is 4.98. The van der Waals surface area contributed by atoms with Gasteiger partial charge in [0.25, 0.3) is 0 Å². The standard InChI is InChI=1S/C22H20FN3O3/c1-22(13-28-12-21(24)26-22)16-9-14(4-6-17(16)23)10-19(27)18-7-5-15(11-25-18)20-3-2-8-29-20/h2-9,11H,10,12-13H2,1H3,(H2,24,26). The van der Waals surface area contributed by atoms with Gasteiger partial charge in [0.05, 0.1) is 12.9 Å². The predicted octanol–water partition coefficient (Wildman–Crippen LogP) is 3.51. The Morgan fingerprint density at radius 2 is 2.14 bits per heavy atom. The number of furan rings is 1. The van der Waals surface area contributed by atoms with Crippen molar-refractivity contribution >= 4 is 11.6 Å². The van der Waals surface area contributed by atoms with E-state index in [0.29, 0.717) is 28.4 Å². The Morgan fingerprint density at radius 1 is 1.28 bits per heavy atom. The SMILES string of the molecule is CC1(c2cc(CC(=O)c3ccc(-c4ccco4)cn3)ccc2F)COCC(N)=N1. The van der Waals surface area contributed by atoms with Crippen molar-refractivity contribution in [1.82, 2.24) is 4.98 Å². The van der Waals surface area contributed by atoms with E-state index >= 15 is 0 Å². The van der Waals surface area contributed by atoms with Gasteiger partial charge in [0, 0.05) is 23.7 Å². The molecule has 0 saturated carbocycles. The van der Waals surface area contributed by atoms with Crippen molar-refractivity contribution in [2.75, 3.05) is 13.2 Å². The number of carbonyl (C=O) groups is 1. The molecule has 1 unspecified atom stereocenters. The molecule has 0 aliphatic carbocycles. The summed E-state index contributed by atoms with van der Waals surface area (Å²) in [5.74, 6) is 0.427. The average molecular weight is 393 g/mol. The Labute approximate surface area is 167 Å². The fourth-order valence-electron chi connectivity index (χ4n) is 3.39. The molecular weight excluding hydrogens is 373 g/mol. The smallest absolute Gasteiger partial charge is 0.185 e. The summed E-state index contributed by atoms with van der Waals surface area (Å²) in [6.07, 6.45) is 3.27. The molecule has 4 rings (SSSR count). The number of carbonyl (C=O) groups excluding carboxylic acids is 1. The first-order chi connectivity index (χ1) is 13.9. The number of aromatic nitrogens is 1. The molecule has 1 aromatic carbocycles. The Hall–Kier alpha value is -3.32. The van der Waals surface area contributed by atoms with E-state index in [1.165, 1.54) is 6.07 Å². The second kappa shape index (κ2) is 7.60. The number of hydrogen-bond acceptors (Lipinski definition) is 6. The summed E-state index contributed by atoms with van der Waals surface area (Å²) in [6.45, 7) is 2.21. The van der Waals surface area contributed by atoms with Gasteiger partial charge in [0.15, 0.2) is 5.78 Å². The number of benzene rings is 1. The van der Waals surface area contributed by atoms with Gasteiger partial charge in [-0.05, 0) is 48.9 Å². The number of nitrogens with two attached hydrogens (primary N) is 1. The van der Waals surface area contributed by atoms with Gasteiger partial charge >= 0.3 is 0 Å². The number of ether oxygens (including phenoxy) is 1. The predicted molar refractivity (Wildman–Crippen MR) is 106 cm³/mol. The van der Waals surface area contributed by atoms with E-state index in [1.807, 2.05) is 6.07 Å². The molecule has 1 atom stereocenters. The van der Waals surface area contributed by atoms with Crippen LogP contribution in [0.3, 0.4) is 0 Å². The second-order valence-corrected chi connectivity index (χ2v) is 7.19. The number of amidine groups is 1. The summed E-state index contributed by atoms with van der Waals surface area (Å²) in [4.78, 5) is 21.3. The maximum atomic E-state index is 14.5. The van der Waals surface area contributed by atoms with Crippen molar-refractivity contribution in [3.05, 3.63) is 77.6 Å². The van der Waals surface area contributed by atoms with E-state index in [1.54, 1.807) is 49.7 Å². The van der Waals surface area contributed by atoms with Crippen molar-refractivity contribution < 1.29 is 18.3 Å². The second-order valence-electron chi connectivity index (χ2n) is 7.19. The highest BCUT2D eigenvalue weighted by Crippen LogP contribution is 2.31. The minimum atomic E-state index is -0.922. The topological polar surface area (TPSA) is 90.7 Å². The molecule has 0 fully saturated rings. The van der Waals surface area contributed by atoms with E-state index in [9.17, 15) is 9.18 Å². The first kappa shape index (κ1) is 19.0. The monoisotopic (exact) mass is 393 g/mol. The fourth-order valence-corrected chi connectivity index (χ4v) is 3.39. The largest absolute Gasteiger partial charge is 0.464 e. The highest BCUT2D eigenvalue weighted by Gasteiger charge is 2.33. The summed E-state index contributed by atoms with van der Waals surface area (Å²) in [5, 5.41) is 0. The van der Waals surface area contributed by atoms with Crippen LogP contribution in [0.4, 0.5) is 4.39 Å². The molecule has 29 heavy (non-hydrogen) atoms. The van der Waals surface area contributed by atoms with Gasteiger partial charge < -0.3 is 14.9 Å². The molecule has 148 valence electrons. The van der Waals surface area contributed by atoms with Crippen LogP contribution in [0.5, 0.6) is 0 Å². The number of hydrogen-bond donors (Lipinski definition) is 1. The molecule has 3 heterocycles. The van der Waals surface area contributed by atoms with Crippen LogP contribution in [0.15, 0.2) is 64.3 Å². The number of Topliss-reactive ketones (excluding diaryl/α,β-unsaturated/α-hetero) is 1. The molecule has 1 aliphatic heterocycles. The van der Waals surface area contributed by atoms with Gasteiger partial charge in [0.1, 0.15) is 35.3 Å². The van der Waals surface area contributed by atoms with Gasteiger partial charge in [-0.2, -0.15) is 0 Å². The molecular formula is C22H20FN3O3. The maximum absolute atomic E-state index is 14.5. The summed E-state index contributed by atoms with van der Waals surface area (Å²) < 4.78 is 25.3. The minimum Gasteiger partial charge on any atom is -0.464 e. The summed E-state index contributed by atoms with van der Waals surface area (Å²) in [6, 6.07) is 11.6. The first-order valence-electron chi connectivity index (χ1n) is 9.18. The fraction of sp³-hybridized carbons (Fsp3) is 0.227. The van der Waals surface area contributed by atoms with Crippen molar-refractivity contribution in [2.24, 2.45) is 10.7 Å². The van der Waals surface area contributed by atoms with Crippen molar-refractivity contribution in [3.8, 4) is 11.3 Å². The van der Waals surface area contributed by atoms with E-state index in [0.717, 1.165) is 5.56 Å². The number of halogens is 1. The lowest BCUT2D eigenvalue weighted by molar-refractivity contribution is 0.0987. The maximum Gasteiger partial charge on any atom is 0.185 e. The number of rotatable bonds is 5. The zero-order valence-electron chi connectivity index (χ0n) is 15.9. The molecule has 1 aliphatic rings. The van der Waals surface area contributed by atoms with Gasteiger partial charge in [-0.15, -0.1) is 0 Å². The molecule has 2 N–H and O–H groups in total. The van der Waals surface area contributed by atoms with Crippen LogP contribution in [-0.4, -0.2) is 29.8 Å². The molecule has 6 nitrogen and oxygen atoms in total. The Bertz CT molecular complexity index is 1060. The average Bonchev–Trinajstić information content (AvgIpc) is 3.24. The molecule has 0 spiro atoms. The lowest BCUT2D eigenvalue weighted by Crippen LogP contribution is -2.38. The molecule has 3 aromatic rings. The molecule has 0 radical (unpaired) electrons. The molecule has 0 bridgehead atoms. The van der Waals surface area contributed by atoms with Gasteiger partial charge in [-0.1, -0.05) is 6.07 Å². The summed E-state index contributed by atoms with van der Waals surface area (Å²) in [5.41, 5.74) is 7.00. The number of ketones is 1. The Balaban J connectivity index is 1.55. The van der Waals surface area contributed by atoms with Crippen LogP contribution in [0.1, 0.15) is 28.5 Å². The highest BCUT2D eigenvalue weighted by atomic mass is 19.1. The van der Waals surface area contributed by atoms with E-state index in [4.69, 9.17) is 14.9 Å². The number of aliphatic imine (C=N–C) groups is 1. The van der Waals surface area contributed by atoms with Crippen LogP contribution in [0.2, 0.25) is 0 Å². The zero-order valence-corrected chi connectivity index (χ0v) is 15.9. The summed E-state index contributed by atoms with van der Waals surface area (Å²) >= 11 is 0. The van der Waals surface area contributed by atoms with Gasteiger partial charge in [0.2, 0.25) is 0 Å². The molecule has 0 amide bonds. The van der Waals surface area contributed by atoms with Crippen LogP contribution >= 0.6 is 0 Å². The lowest BCUT2D eigenvalue weighted by atomic mass is 9.90. The van der Waals surface area contributed by atoms with Crippen molar-refractivity contribution in [1.29, 1.82) is 0 Å². The summed E-state index contributed by atoms with van der Waals surface area (Å²) in [7, 11) is 0. The van der Waals surface area contributed by atoms with E-state index in [-0.39, 0.29) is 25.4 Å². The van der Waals surface area contributed by atoms with Crippen LogP contribution in [-0.2, 0) is 16.7 Å². The van der Waals surface area contributed by atoms with Crippen LogP contribution in [0, 0.1) is 5.82 Å². The van der Waals surface area contributed by atoms with Crippen LogP contribution in [0.25, 0.3) is 11.3 Å². The van der Waals surface area contributed by atoms with Crippen molar-refractivity contribution in [2.45, 2.75) is 18.9 Å². The molecule has 2 aromatic heterocycles. The normalized spacial score (nSPS) is 19.0. The van der Waals surface area contributed by atoms with E-state index < -0.39 is 11.4 Å². The highest BCUT2D eigenvalue weighted by molar-refractivity contribution is 5.96. The molecule has 7 heteroatoms. The third-order valence-corrected chi connectivity index (χ3v) is 4.85. The first-order valence-corrected chi connectivity index (χ1v) is 9.18. The minimum absolute atomic E-state index is 0.0938. The van der Waals surface area contributed by atoms with Gasteiger partial charge in [-0.3, -0.25) is 14.8 Å². The van der Waals surface area contributed by atoms with Crippen molar-refractivity contribution in [3.63, 3.8) is 0 Å². The zero-order chi connectivity index (χ0) is 20.4. The van der Waals surface area contributed by atoms with E-state index in [2.05, 4.69) is 9.98 Å². The lowest BCUT2D eigenvalue weighted by Gasteiger charge is -2.30. The number of pyridine rings is 1. The third-order valence-electron chi connectivity index (χ3n) is 4.85.